The first-order valence-electron chi connectivity index (χ1n) is 8.05. The lowest BCUT2D eigenvalue weighted by atomic mass is 10.1. The van der Waals surface area contributed by atoms with Crippen LogP contribution in [-0.2, 0) is 11.0 Å². The predicted octanol–water partition coefficient (Wildman–Crippen LogP) is 3.95. The fraction of sp³-hybridized carbons (Fsp3) is 0.389. The van der Waals surface area contributed by atoms with E-state index in [-0.39, 0.29) is 5.78 Å². The van der Waals surface area contributed by atoms with Crippen LogP contribution in [-0.4, -0.2) is 28.8 Å². The van der Waals surface area contributed by atoms with E-state index >= 15 is 0 Å². The second kappa shape index (κ2) is 6.46. The van der Waals surface area contributed by atoms with Crippen LogP contribution in [0.4, 0.5) is 19.0 Å². The summed E-state index contributed by atoms with van der Waals surface area (Å²) in [5.41, 5.74) is 1.53. The van der Waals surface area contributed by atoms with Crippen molar-refractivity contribution in [2.45, 2.75) is 32.9 Å². The van der Waals surface area contributed by atoms with Gasteiger partial charge in [0.15, 0.2) is 5.82 Å². The van der Waals surface area contributed by atoms with E-state index in [1.807, 2.05) is 18.7 Å². The average molecular weight is 349 g/mol. The van der Waals surface area contributed by atoms with E-state index in [0.717, 1.165) is 29.2 Å². The van der Waals surface area contributed by atoms with Crippen LogP contribution in [0.15, 0.2) is 24.3 Å². The van der Waals surface area contributed by atoms with Crippen molar-refractivity contribution in [2.24, 2.45) is 0 Å². The number of hydrogen-bond donors (Lipinski definition) is 0. The topological polar surface area (TPSA) is 46.1 Å². The van der Waals surface area contributed by atoms with Gasteiger partial charge in [0, 0.05) is 42.8 Å². The van der Waals surface area contributed by atoms with E-state index < -0.39 is 11.7 Å². The molecule has 0 N–H and O–H groups in total. The minimum absolute atomic E-state index is 0.239. The molecule has 0 aliphatic carbocycles. The molecular weight excluding hydrogens is 331 g/mol. The number of carbonyl (C=O) groups is 1. The molecule has 0 spiro atoms. The summed E-state index contributed by atoms with van der Waals surface area (Å²) in [6.45, 7) is 4.96. The van der Waals surface area contributed by atoms with Crippen molar-refractivity contribution in [1.29, 1.82) is 0 Å². The number of anilines is 1. The molecule has 0 atom stereocenters. The van der Waals surface area contributed by atoms with E-state index in [9.17, 15) is 18.0 Å². The molecule has 0 amide bonds. The Bertz CT molecular complexity index is 790. The zero-order valence-electron chi connectivity index (χ0n) is 14.0. The molecule has 132 valence electrons. The number of carbonyl (C=O) groups excluding carboxylic acids is 1. The first-order chi connectivity index (χ1) is 11.8. The van der Waals surface area contributed by atoms with Crippen LogP contribution in [0.2, 0.25) is 0 Å². The molecule has 7 heteroatoms. The maximum absolute atomic E-state index is 12.7. The van der Waals surface area contributed by atoms with Gasteiger partial charge in [-0.2, -0.15) is 13.2 Å². The molecule has 2 heterocycles. The highest BCUT2D eigenvalue weighted by molar-refractivity contribution is 5.81. The lowest BCUT2D eigenvalue weighted by Crippen LogP contribution is -2.35. The highest BCUT2D eigenvalue weighted by Gasteiger charge is 2.30. The van der Waals surface area contributed by atoms with Crippen molar-refractivity contribution < 1.29 is 18.0 Å². The van der Waals surface area contributed by atoms with Crippen LogP contribution in [0.25, 0.3) is 11.4 Å². The molecule has 25 heavy (non-hydrogen) atoms. The van der Waals surface area contributed by atoms with Crippen molar-refractivity contribution in [3.63, 3.8) is 0 Å². The third kappa shape index (κ3) is 3.65. The smallest absolute Gasteiger partial charge is 0.355 e. The van der Waals surface area contributed by atoms with Gasteiger partial charge in [0.1, 0.15) is 11.6 Å². The summed E-state index contributed by atoms with van der Waals surface area (Å²) in [5.74, 6) is 1.38. The molecule has 0 saturated carbocycles. The zero-order chi connectivity index (χ0) is 18.2. The Morgan fingerprint density at radius 3 is 2.16 bits per heavy atom. The van der Waals surface area contributed by atoms with Gasteiger partial charge in [-0.3, -0.25) is 4.79 Å². The highest BCUT2D eigenvalue weighted by Crippen LogP contribution is 2.31. The van der Waals surface area contributed by atoms with Crippen LogP contribution in [0.3, 0.4) is 0 Å². The Morgan fingerprint density at radius 1 is 1.00 bits per heavy atom. The first kappa shape index (κ1) is 17.4. The van der Waals surface area contributed by atoms with Gasteiger partial charge in [-0.25, -0.2) is 9.97 Å². The number of aryl methyl sites for hydroxylation is 1. The molecule has 0 bridgehead atoms. The summed E-state index contributed by atoms with van der Waals surface area (Å²) in [5, 5.41) is 0. The molecule has 0 unspecified atom stereocenters. The van der Waals surface area contributed by atoms with Crippen LogP contribution in [0.5, 0.6) is 0 Å². The molecule has 1 aliphatic rings. The normalized spacial score (nSPS) is 15.6. The van der Waals surface area contributed by atoms with Crippen LogP contribution in [0.1, 0.15) is 29.7 Å². The van der Waals surface area contributed by atoms with Gasteiger partial charge in [0.05, 0.1) is 5.56 Å². The quantitative estimate of drug-likeness (QED) is 0.824. The molecule has 2 aromatic rings. The summed E-state index contributed by atoms with van der Waals surface area (Å²) < 4.78 is 38.1. The van der Waals surface area contributed by atoms with Crippen molar-refractivity contribution in [2.75, 3.05) is 18.0 Å². The number of piperidine rings is 1. The summed E-state index contributed by atoms with van der Waals surface area (Å²) in [7, 11) is 0. The Balaban J connectivity index is 1.96. The van der Waals surface area contributed by atoms with Gasteiger partial charge < -0.3 is 4.90 Å². The molecular formula is C18H18F3N3O. The van der Waals surface area contributed by atoms with E-state index in [0.29, 0.717) is 37.3 Å². The van der Waals surface area contributed by atoms with Gasteiger partial charge in [0.25, 0.3) is 0 Å². The van der Waals surface area contributed by atoms with Gasteiger partial charge in [-0.15, -0.1) is 0 Å². The number of halogens is 3. The predicted molar refractivity (Wildman–Crippen MR) is 88.4 cm³/mol. The molecule has 1 saturated heterocycles. The minimum atomic E-state index is -4.37. The molecule has 3 rings (SSSR count). The van der Waals surface area contributed by atoms with E-state index in [1.165, 1.54) is 12.1 Å². The van der Waals surface area contributed by atoms with Crippen molar-refractivity contribution in [3.05, 3.63) is 41.1 Å². The number of nitrogens with zero attached hydrogens (tertiary/aromatic N) is 3. The standard InChI is InChI=1S/C18H18F3N3O/c1-11-12(2)22-16(13-3-5-14(6-4-13)18(19,20)21)23-17(11)24-9-7-15(25)8-10-24/h3-6H,7-10H2,1-2H3. The first-order valence-corrected chi connectivity index (χ1v) is 8.05. The lowest BCUT2D eigenvalue weighted by molar-refractivity contribution is -0.137. The van der Waals surface area contributed by atoms with Crippen molar-refractivity contribution in [1.82, 2.24) is 9.97 Å². The number of Topliss-reactive ketones (excluding diaryl/α,β-unsaturated/α-hetero) is 1. The Hall–Kier alpha value is -2.44. The number of hydrogen-bond acceptors (Lipinski definition) is 4. The number of aromatic nitrogens is 2. The van der Waals surface area contributed by atoms with Crippen LogP contribution >= 0.6 is 0 Å². The fourth-order valence-electron chi connectivity index (χ4n) is 2.83. The van der Waals surface area contributed by atoms with Crippen LogP contribution < -0.4 is 4.90 Å². The average Bonchev–Trinajstić information content (AvgIpc) is 2.57. The Kier molecular flexibility index (Phi) is 4.49. The molecule has 4 nitrogen and oxygen atoms in total. The third-order valence-electron chi connectivity index (χ3n) is 4.45. The molecule has 1 aromatic heterocycles. The number of benzene rings is 1. The van der Waals surface area contributed by atoms with Gasteiger partial charge in [-0.1, -0.05) is 12.1 Å². The minimum Gasteiger partial charge on any atom is -0.355 e. The Morgan fingerprint density at radius 2 is 1.60 bits per heavy atom. The van der Waals surface area contributed by atoms with E-state index in [2.05, 4.69) is 9.97 Å². The van der Waals surface area contributed by atoms with Crippen LogP contribution in [0, 0.1) is 13.8 Å². The largest absolute Gasteiger partial charge is 0.416 e. The number of rotatable bonds is 2. The molecule has 0 radical (unpaired) electrons. The monoisotopic (exact) mass is 349 g/mol. The maximum atomic E-state index is 12.7. The van der Waals surface area contributed by atoms with Gasteiger partial charge in [-0.05, 0) is 26.0 Å². The van der Waals surface area contributed by atoms with E-state index in [4.69, 9.17) is 0 Å². The number of alkyl halides is 3. The number of ketones is 1. The summed E-state index contributed by atoms with van der Waals surface area (Å²) >= 11 is 0. The zero-order valence-corrected chi connectivity index (χ0v) is 14.0. The SMILES string of the molecule is Cc1nc(-c2ccc(C(F)(F)F)cc2)nc(N2CCC(=O)CC2)c1C. The van der Waals surface area contributed by atoms with Gasteiger partial charge in [0.2, 0.25) is 0 Å². The highest BCUT2D eigenvalue weighted by atomic mass is 19.4. The maximum Gasteiger partial charge on any atom is 0.416 e. The van der Waals surface area contributed by atoms with Crippen molar-refractivity contribution in [3.8, 4) is 11.4 Å². The summed E-state index contributed by atoms with van der Waals surface area (Å²) in [6, 6.07) is 4.84. The molecule has 1 aliphatic heterocycles. The molecule has 1 fully saturated rings. The lowest BCUT2D eigenvalue weighted by Gasteiger charge is -2.29. The second-order valence-electron chi connectivity index (χ2n) is 6.18. The molecule has 1 aromatic carbocycles. The third-order valence-corrected chi connectivity index (χ3v) is 4.45. The summed E-state index contributed by atoms with van der Waals surface area (Å²) in [6.07, 6.45) is -3.40. The Labute approximate surface area is 143 Å². The fourth-order valence-corrected chi connectivity index (χ4v) is 2.83. The van der Waals surface area contributed by atoms with Gasteiger partial charge >= 0.3 is 6.18 Å². The second-order valence-corrected chi connectivity index (χ2v) is 6.18. The van der Waals surface area contributed by atoms with E-state index in [1.54, 1.807) is 0 Å². The van der Waals surface area contributed by atoms with Crippen molar-refractivity contribution >= 4 is 11.6 Å². The summed E-state index contributed by atoms with van der Waals surface area (Å²) in [4.78, 5) is 22.5.